The Morgan fingerprint density at radius 1 is 1.16 bits per heavy atom. The lowest BCUT2D eigenvalue weighted by molar-refractivity contribution is 0.476. The molecule has 1 aromatic heterocycles. The van der Waals surface area contributed by atoms with Crippen LogP contribution >= 0.6 is 32.3 Å². The van der Waals surface area contributed by atoms with Crippen molar-refractivity contribution in [1.82, 2.24) is 0 Å². The first kappa shape index (κ1) is 16.6. The van der Waals surface area contributed by atoms with Crippen LogP contribution in [-0.4, -0.2) is 5.11 Å². The van der Waals surface area contributed by atoms with Crippen molar-refractivity contribution in [2.75, 3.05) is 5.32 Å². The third-order valence-electron chi connectivity index (χ3n) is 4.35. The topological polar surface area (TPSA) is 44.6 Å². The number of anilines is 1. The fourth-order valence-corrected chi connectivity index (χ4v) is 6.19. The molecular formula is C19H17ClN2OS2. The molecule has 0 amide bonds. The zero-order valence-electron chi connectivity index (χ0n) is 14.1. The van der Waals surface area contributed by atoms with Gasteiger partial charge in [0, 0.05) is 21.8 Å². The van der Waals surface area contributed by atoms with Crippen molar-refractivity contribution in [2.45, 2.75) is 26.3 Å². The van der Waals surface area contributed by atoms with E-state index in [-0.39, 0.29) is 11.3 Å². The number of hydrogen-bond acceptors (Lipinski definition) is 5. The molecule has 0 spiro atoms. The monoisotopic (exact) mass is 388 g/mol. The van der Waals surface area contributed by atoms with E-state index in [1.54, 1.807) is 38.9 Å². The molecule has 25 heavy (non-hydrogen) atoms. The third kappa shape index (κ3) is 2.76. The predicted octanol–water partition coefficient (Wildman–Crippen LogP) is 6.04. The van der Waals surface area contributed by atoms with Gasteiger partial charge in [-0.05, 0) is 44.5 Å². The molecule has 2 N–H and O–H groups in total. The maximum Gasteiger partial charge on any atom is 0.141 e. The molecule has 0 saturated carbocycles. The van der Waals surface area contributed by atoms with Crippen LogP contribution < -0.4 is 9.99 Å². The highest BCUT2D eigenvalue weighted by Crippen LogP contribution is 2.46. The molecule has 2 aromatic carbocycles. The van der Waals surface area contributed by atoms with Crippen LogP contribution in [0.5, 0.6) is 5.75 Å². The summed E-state index contributed by atoms with van der Waals surface area (Å²) in [6.45, 7) is 6.48. The summed E-state index contributed by atoms with van der Waals surface area (Å²) in [6.07, 6.45) is 0. The molecule has 0 bridgehead atoms. The Morgan fingerprint density at radius 3 is 2.76 bits per heavy atom. The minimum Gasteiger partial charge on any atom is -0.506 e. The Labute approximate surface area is 158 Å². The van der Waals surface area contributed by atoms with E-state index in [1.165, 1.54) is 10.4 Å². The number of aryl methyl sites for hydroxylation is 1. The number of phenols is 1. The highest BCUT2D eigenvalue weighted by atomic mass is 35.5. The maximum atomic E-state index is 10.1. The van der Waals surface area contributed by atoms with E-state index in [0.29, 0.717) is 10.7 Å². The molecule has 3 nitrogen and oxygen atoms in total. The Hall–Kier alpha value is -1.82. The lowest BCUT2D eigenvalue weighted by Gasteiger charge is -2.34. The highest BCUT2D eigenvalue weighted by Gasteiger charge is 2.34. The van der Waals surface area contributed by atoms with Gasteiger partial charge in [-0.2, -0.15) is 0 Å². The van der Waals surface area contributed by atoms with Crippen LogP contribution in [-0.2, 0) is 5.54 Å². The van der Waals surface area contributed by atoms with E-state index in [4.69, 9.17) is 16.6 Å². The molecular weight excluding hydrogens is 372 g/mol. The van der Waals surface area contributed by atoms with Gasteiger partial charge in [0.2, 0.25) is 0 Å². The molecule has 3 aromatic rings. The number of nitrogens with one attached hydrogen (secondary N) is 1. The van der Waals surface area contributed by atoms with Crippen LogP contribution in [0.25, 0.3) is 11.1 Å². The largest absolute Gasteiger partial charge is 0.506 e. The van der Waals surface area contributed by atoms with Crippen molar-refractivity contribution in [3.63, 3.8) is 0 Å². The summed E-state index contributed by atoms with van der Waals surface area (Å²) in [4.78, 5) is 6.00. The lowest BCUT2D eigenvalue weighted by atomic mass is 9.88. The average molecular weight is 389 g/mol. The number of fused-ring (bicyclic) bond motifs is 3. The first-order chi connectivity index (χ1) is 11.9. The number of benzene rings is 2. The fourth-order valence-electron chi connectivity index (χ4n) is 3.10. The molecule has 128 valence electrons. The first-order valence-corrected chi connectivity index (χ1v) is 10.4. The zero-order chi connectivity index (χ0) is 17.8. The summed E-state index contributed by atoms with van der Waals surface area (Å²) in [5.74, 6) is 0.134. The first-order valence-electron chi connectivity index (χ1n) is 7.92. The van der Waals surface area contributed by atoms with Gasteiger partial charge in [-0.3, -0.25) is 0 Å². The van der Waals surface area contributed by atoms with Crippen molar-refractivity contribution < 1.29 is 5.11 Å². The summed E-state index contributed by atoms with van der Waals surface area (Å²) in [7, 11) is 3.36. The minimum absolute atomic E-state index is 0.134. The summed E-state index contributed by atoms with van der Waals surface area (Å²) in [6, 6.07) is 11.2. The van der Waals surface area contributed by atoms with Crippen molar-refractivity contribution in [2.24, 2.45) is 4.99 Å². The van der Waals surface area contributed by atoms with Crippen molar-refractivity contribution in [3.05, 3.63) is 56.5 Å². The van der Waals surface area contributed by atoms with E-state index >= 15 is 0 Å². The normalized spacial score (nSPS) is 15.4. The Bertz CT molecular complexity index is 1050. The van der Waals surface area contributed by atoms with Crippen LogP contribution in [0.15, 0.2) is 41.4 Å². The van der Waals surface area contributed by atoms with Gasteiger partial charge in [0.1, 0.15) is 16.1 Å². The summed E-state index contributed by atoms with van der Waals surface area (Å²) < 4.78 is 0.902. The molecule has 0 aliphatic carbocycles. The predicted molar refractivity (Wildman–Crippen MR) is 107 cm³/mol. The van der Waals surface area contributed by atoms with Gasteiger partial charge in [0.15, 0.2) is 0 Å². The second-order valence-corrected chi connectivity index (χ2v) is 9.23. The maximum absolute atomic E-state index is 10.1. The minimum atomic E-state index is -0.167. The highest BCUT2D eigenvalue weighted by molar-refractivity contribution is 7.68. The van der Waals surface area contributed by atoms with Crippen LogP contribution in [0, 0.1) is 6.92 Å². The van der Waals surface area contributed by atoms with Gasteiger partial charge in [0.25, 0.3) is 0 Å². The van der Waals surface area contributed by atoms with Crippen LogP contribution in [0.1, 0.15) is 24.3 Å². The van der Waals surface area contributed by atoms with Crippen molar-refractivity contribution >= 4 is 43.7 Å². The summed E-state index contributed by atoms with van der Waals surface area (Å²) in [5.41, 5.74) is 5.00. The van der Waals surface area contributed by atoms with Gasteiger partial charge in [-0.1, -0.05) is 50.5 Å². The molecule has 4 rings (SSSR count). The molecule has 0 unspecified atom stereocenters. The number of halogens is 1. The third-order valence-corrected chi connectivity index (χ3v) is 7.23. The summed E-state index contributed by atoms with van der Waals surface area (Å²) >= 11 is 6.07. The molecule has 0 saturated heterocycles. The van der Waals surface area contributed by atoms with Gasteiger partial charge in [-0.15, -0.1) is 0 Å². The smallest absolute Gasteiger partial charge is 0.141 e. The van der Waals surface area contributed by atoms with Crippen LogP contribution in [0.2, 0.25) is 5.02 Å². The van der Waals surface area contributed by atoms with Crippen molar-refractivity contribution in [1.29, 1.82) is 0 Å². The number of hydrogen-bond donors (Lipinski definition) is 2. The second-order valence-electron chi connectivity index (χ2n) is 6.67. The van der Waals surface area contributed by atoms with Gasteiger partial charge in [0.05, 0.1) is 10.4 Å². The Kier molecular flexibility index (Phi) is 3.90. The molecule has 1 aliphatic heterocycles. The van der Waals surface area contributed by atoms with E-state index in [2.05, 4.69) is 44.3 Å². The number of nitrogens with zero attached hydrogens (tertiary/aromatic N) is 1. The van der Waals surface area contributed by atoms with E-state index in [9.17, 15) is 5.11 Å². The van der Waals surface area contributed by atoms with Crippen LogP contribution in [0.3, 0.4) is 0 Å². The number of para-hydroxylation sites is 1. The Balaban J connectivity index is 2.02. The van der Waals surface area contributed by atoms with Gasteiger partial charge < -0.3 is 10.4 Å². The van der Waals surface area contributed by atoms with Crippen molar-refractivity contribution in [3.8, 4) is 16.9 Å². The molecule has 6 heteroatoms. The quantitative estimate of drug-likeness (QED) is 0.499. The Morgan fingerprint density at radius 2 is 1.96 bits per heavy atom. The lowest BCUT2D eigenvalue weighted by Crippen LogP contribution is -2.32. The van der Waals surface area contributed by atoms with E-state index in [0.717, 1.165) is 21.5 Å². The van der Waals surface area contributed by atoms with E-state index in [1.807, 2.05) is 0 Å². The fraction of sp³-hybridized carbons (Fsp3) is 0.211. The number of aromatic hydroxyl groups is 1. The summed E-state index contributed by atoms with van der Waals surface area (Å²) in [5, 5.41) is 14.3. The van der Waals surface area contributed by atoms with E-state index < -0.39 is 0 Å². The van der Waals surface area contributed by atoms with Gasteiger partial charge >= 0.3 is 0 Å². The zero-order valence-corrected chi connectivity index (χ0v) is 16.4. The number of rotatable bonds is 1. The average Bonchev–Trinajstić information content (AvgIpc) is 2.97. The van der Waals surface area contributed by atoms with Crippen LogP contribution in [0.4, 0.5) is 11.4 Å². The molecule has 0 radical (unpaired) electrons. The van der Waals surface area contributed by atoms with Gasteiger partial charge in [-0.25, -0.2) is 4.99 Å². The number of phenolic OH excluding ortho intramolecular Hbond substituents is 1. The SMILES string of the molecule is Cc1cccc2c1NC(C)(C)c1ssc(=Nc3cc(Cl)ccc3O)c1-2. The molecule has 0 fully saturated rings. The molecule has 1 aliphatic rings. The standard InChI is InChI=1S/C19H17ClN2OS2/c1-10-5-4-6-12-15-17(19(2,3)22-16(10)12)24-25-18(15)21-13-9-11(20)7-8-14(13)23/h4-9,22-23H,1-3H3. The second kappa shape index (κ2) is 5.87. The molecule has 2 heterocycles. The molecule has 0 atom stereocenters.